The molecular weight excluding hydrogens is 280 g/mol. The van der Waals surface area contributed by atoms with Gasteiger partial charge in [-0.05, 0) is 24.6 Å². The average molecular weight is 304 g/mol. The van der Waals surface area contributed by atoms with Crippen molar-refractivity contribution < 1.29 is 9.32 Å². The van der Waals surface area contributed by atoms with Gasteiger partial charge in [0, 0.05) is 19.2 Å². The van der Waals surface area contributed by atoms with E-state index in [0.717, 1.165) is 12.8 Å². The lowest BCUT2D eigenvalue weighted by Crippen LogP contribution is -2.24. The Bertz CT molecular complexity index is 685. The van der Waals surface area contributed by atoms with Crippen molar-refractivity contribution in [3.05, 3.63) is 34.1 Å². The summed E-state index contributed by atoms with van der Waals surface area (Å²) in [5.41, 5.74) is 0.779. The summed E-state index contributed by atoms with van der Waals surface area (Å²) in [4.78, 5) is 23.8. The highest BCUT2D eigenvalue weighted by molar-refractivity contribution is 5.97. The number of nitrogens with zero attached hydrogens (tertiary/aromatic N) is 1. The molecule has 0 spiro atoms. The normalized spacial score (nSPS) is 11.0. The Morgan fingerprint density at radius 2 is 1.91 bits per heavy atom. The SMILES string of the molecule is CCCCCCCCNC(=O)c1ccc2c(=O)n(C)oc2c1. The first kappa shape index (κ1) is 16.3. The summed E-state index contributed by atoms with van der Waals surface area (Å²) in [6.07, 6.45) is 7.17. The molecule has 0 saturated carbocycles. The maximum atomic E-state index is 12.1. The van der Waals surface area contributed by atoms with Gasteiger partial charge in [0.15, 0.2) is 5.58 Å². The van der Waals surface area contributed by atoms with Gasteiger partial charge in [-0.1, -0.05) is 39.0 Å². The van der Waals surface area contributed by atoms with Gasteiger partial charge >= 0.3 is 0 Å². The molecule has 1 heterocycles. The second-order valence-electron chi connectivity index (χ2n) is 5.63. The summed E-state index contributed by atoms with van der Waals surface area (Å²) in [5.74, 6) is -0.123. The summed E-state index contributed by atoms with van der Waals surface area (Å²) in [6.45, 7) is 2.88. The molecule has 1 amide bonds. The largest absolute Gasteiger partial charge is 0.376 e. The Hall–Kier alpha value is -2.04. The van der Waals surface area contributed by atoms with Crippen molar-refractivity contribution in [2.24, 2.45) is 7.05 Å². The minimum absolute atomic E-state index is 0.123. The molecule has 0 saturated heterocycles. The minimum atomic E-state index is -0.186. The standard InChI is InChI=1S/C17H24N2O3/c1-3-4-5-6-7-8-11-18-16(20)13-9-10-14-15(12-13)22-19(2)17(14)21/h9-10,12H,3-8,11H2,1-2H3,(H,18,20). The number of hydrogen-bond donors (Lipinski definition) is 1. The van der Waals surface area contributed by atoms with E-state index in [4.69, 9.17) is 4.52 Å². The van der Waals surface area contributed by atoms with E-state index in [9.17, 15) is 9.59 Å². The van der Waals surface area contributed by atoms with Crippen molar-refractivity contribution in [3.63, 3.8) is 0 Å². The number of fused-ring (bicyclic) bond motifs is 1. The van der Waals surface area contributed by atoms with Gasteiger partial charge in [-0.3, -0.25) is 9.59 Å². The lowest BCUT2D eigenvalue weighted by molar-refractivity contribution is 0.0953. The second-order valence-corrected chi connectivity index (χ2v) is 5.63. The maximum Gasteiger partial charge on any atom is 0.290 e. The number of benzene rings is 1. The van der Waals surface area contributed by atoms with Crippen LogP contribution in [0.25, 0.3) is 11.0 Å². The Morgan fingerprint density at radius 3 is 2.68 bits per heavy atom. The summed E-state index contributed by atoms with van der Waals surface area (Å²) in [6, 6.07) is 4.92. The van der Waals surface area contributed by atoms with E-state index >= 15 is 0 Å². The number of hydrogen-bond acceptors (Lipinski definition) is 3. The van der Waals surface area contributed by atoms with Gasteiger partial charge in [0.1, 0.15) is 0 Å². The predicted octanol–water partition coefficient (Wildman–Crippen LogP) is 3.22. The molecule has 0 unspecified atom stereocenters. The summed E-state index contributed by atoms with van der Waals surface area (Å²) in [7, 11) is 1.56. The van der Waals surface area contributed by atoms with Crippen LogP contribution in [0.3, 0.4) is 0 Å². The molecule has 5 nitrogen and oxygen atoms in total. The number of carbonyl (C=O) groups excluding carboxylic acids is 1. The van der Waals surface area contributed by atoms with Gasteiger partial charge in [0.25, 0.3) is 11.5 Å². The molecule has 0 aliphatic carbocycles. The van der Waals surface area contributed by atoms with Crippen molar-refractivity contribution in [1.82, 2.24) is 10.1 Å². The van der Waals surface area contributed by atoms with Crippen LogP contribution in [-0.2, 0) is 7.05 Å². The van der Waals surface area contributed by atoms with Crippen molar-refractivity contribution in [2.75, 3.05) is 6.54 Å². The topological polar surface area (TPSA) is 64.2 Å². The van der Waals surface area contributed by atoms with Crippen LogP contribution in [0.5, 0.6) is 0 Å². The Kier molecular flexibility index (Phi) is 5.81. The molecule has 1 aromatic carbocycles. The van der Waals surface area contributed by atoms with Crippen LogP contribution >= 0.6 is 0 Å². The summed E-state index contributed by atoms with van der Waals surface area (Å²) < 4.78 is 6.46. The highest BCUT2D eigenvalue weighted by Crippen LogP contribution is 2.13. The molecule has 0 aliphatic heterocycles. The zero-order valence-corrected chi connectivity index (χ0v) is 13.4. The number of aryl methyl sites for hydroxylation is 1. The highest BCUT2D eigenvalue weighted by Gasteiger charge is 2.11. The van der Waals surface area contributed by atoms with E-state index in [1.165, 1.54) is 30.4 Å². The number of amides is 1. The Balaban J connectivity index is 1.84. The molecule has 2 rings (SSSR count). The molecule has 1 aromatic heterocycles. The van der Waals surface area contributed by atoms with E-state index in [1.54, 1.807) is 25.2 Å². The molecule has 2 aromatic rings. The van der Waals surface area contributed by atoms with Crippen LogP contribution in [0.1, 0.15) is 55.8 Å². The van der Waals surface area contributed by atoms with Crippen LogP contribution in [0.15, 0.2) is 27.5 Å². The van der Waals surface area contributed by atoms with E-state index < -0.39 is 0 Å². The van der Waals surface area contributed by atoms with E-state index in [0.29, 0.717) is 23.1 Å². The van der Waals surface area contributed by atoms with Gasteiger partial charge in [-0.2, -0.15) is 4.74 Å². The van der Waals surface area contributed by atoms with Crippen LogP contribution in [0.4, 0.5) is 0 Å². The molecule has 0 radical (unpaired) electrons. The molecule has 0 atom stereocenters. The van der Waals surface area contributed by atoms with E-state index in [-0.39, 0.29) is 11.5 Å². The van der Waals surface area contributed by atoms with Crippen molar-refractivity contribution >= 4 is 16.9 Å². The first-order chi connectivity index (χ1) is 10.6. The molecular formula is C17H24N2O3. The Labute approximate surface area is 130 Å². The zero-order chi connectivity index (χ0) is 15.9. The second kappa shape index (κ2) is 7.82. The van der Waals surface area contributed by atoms with Gasteiger partial charge in [0.2, 0.25) is 0 Å². The third kappa shape index (κ3) is 4.00. The lowest BCUT2D eigenvalue weighted by atomic mass is 10.1. The highest BCUT2D eigenvalue weighted by atomic mass is 16.5. The molecule has 0 bridgehead atoms. The van der Waals surface area contributed by atoms with Gasteiger partial charge in [0.05, 0.1) is 5.39 Å². The zero-order valence-electron chi connectivity index (χ0n) is 13.4. The van der Waals surface area contributed by atoms with Crippen LogP contribution in [0, 0.1) is 0 Å². The number of nitrogens with one attached hydrogen (secondary N) is 1. The number of rotatable bonds is 8. The first-order valence-corrected chi connectivity index (χ1v) is 8.01. The molecule has 0 aliphatic rings. The quantitative estimate of drug-likeness (QED) is 0.762. The van der Waals surface area contributed by atoms with E-state index in [2.05, 4.69) is 12.2 Å². The Morgan fingerprint density at radius 1 is 1.18 bits per heavy atom. The van der Waals surface area contributed by atoms with Crippen LogP contribution in [-0.4, -0.2) is 17.2 Å². The molecule has 1 N–H and O–H groups in total. The number of unbranched alkanes of at least 4 members (excludes halogenated alkanes) is 5. The fourth-order valence-electron chi connectivity index (χ4n) is 2.48. The van der Waals surface area contributed by atoms with E-state index in [1.807, 2.05) is 0 Å². The third-order valence-corrected chi connectivity index (χ3v) is 3.81. The van der Waals surface area contributed by atoms with Crippen LogP contribution < -0.4 is 10.9 Å². The summed E-state index contributed by atoms with van der Waals surface area (Å²) in [5, 5.41) is 3.41. The predicted molar refractivity (Wildman–Crippen MR) is 87.2 cm³/mol. The fourth-order valence-corrected chi connectivity index (χ4v) is 2.48. The van der Waals surface area contributed by atoms with Gasteiger partial charge in [-0.25, -0.2) is 0 Å². The van der Waals surface area contributed by atoms with Gasteiger partial charge < -0.3 is 9.84 Å². The smallest absolute Gasteiger partial charge is 0.290 e. The molecule has 0 fully saturated rings. The molecule has 22 heavy (non-hydrogen) atoms. The van der Waals surface area contributed by atoms with Crippen molar-refractivity contribution in [1.29, 1.82) is 0 Å². The van der Waals surface area contributed by atoms with Crippen LogP contribution in [0.2, 0.25) is 0 Å². The average Bonchev–Trinajstić information content (AvgIpc) is 2.80. The van der Waals surface area contributed by atoms with Crippen molar-refractivity contribution in [2.45, 2.75) is 45.4 Å². The molecule has 120 valence electrons. The summed E-state index contributed by atoms with van der Waals surface area (Å²) >= 11 is 0. The van der Waals surface area contributed by atoms with Gasteiger partial charge in [-0.15, -0.1) is 0 Å². The first-order valence-electron chi connectivity index (χ1n) is 8.01. The monoisotopic (exact) mass is 304 g/mol. The maximum absolute atomic E-state index is 12.1. The minimum Gasteiger partial charge on any atom is -0.376 e. The number of aromatic nitrogens is 1. The lowest BCUT2D eigenvalue weighted by Gasteiger charge is -2.05. The fraction of sp³-hybridized carbons (Fsp3) is 0.529. The van der Waals surface area contributed by atoms with Crippen molar-refractivity contribution in [3.8, 4) is 0 Å². The third-order valence-electron chi connectivity index (χ3n) is 3.81. The molecule has 5 heteroatoms. The number of carbonyl (C=O) groups is 1.